The van der Waals surface area contributed by atoms with Crippen LogP contribution in [0, 0.1) is 5.82 Å². The molecule has 1 amide bonds. The summed E-state index contributed by atoms with van der Waals surface area (Å²) in [5.74, 6) is -0.210. The van der Waals surface area contributed by atoms with Gasteiger partial charge in [-0.2, -0.15) is 0 Å². The fourth-order valence-electron chi connectivity index (χ4n) is 2.72. The van der Waals surface area contributed by atoms with Crippen molar-refractivity contribution in [3.05, 3.63) is 65.5 Å². The van der Waals surface area contributed by atoms with Crippen LogP contribution in [0.2, 0.25) is 0 Å². The molecule has 2 aromatic rings. The lowest BCUT2D eigenvalue weighted by Gasteiger charge is -2.34. The fraction of sp³-hybridized carbons (Fsp3) is 0.235. The van der Waals surface area contributed by atoms with Gasteiger partial charge in [0, 0.05) is 5.69 Å². The minimum Gasteiger partial charge on any atom is -0.309 e. The highest BCUT2D eigenvalue weighted by Gasteiger charge is 2.31. The molecule has 0 aliphatic carbocycles. The average molecular weight is 284 g/mol. The topological polar surface area (TPSA) is 32.3 Å². The largest absolute Gasteiger partial charge is 0.309 e. The summed E-state index contributed by atoms with van der Waals surface area (Å²) < 4.78 is 13.0. The number of amides is 1. The Balaban J connectivity index is 1.95. The summed E-state index contributed by atoms with van der Waals surface area (Å²) in [5.41, 5.74) is 3.01. The van der Waals surface area contributed by atoms with Crippen molar-refractivity contribution in [3.8, 4) is 0 Å². The van der Waals surface area contributed by atoms with E-state index in [-0.39, 0.29) is 17.8 Å². The number of nitrogens with one attached hydrogen (secondary N) is 1. The van der Waals surface area contributed by atoms with Gasteiger partial charge in [-0.25, -0.2) is 4.39 Å². The van der Waals surface area contributed by atoms with E-state index in [0.29, 0.717) is 13.0 Å². The molecule has 0 saturated heterocycles. The molecule has 0 fully saturated rings. The highest BCUT2D eigenvalue weighted by molar-refractivity contribution is 6.00. The number of likely N-dealkylation sites (N-methyl/N-ethyl adjacent to an activating group) is 1. The minimum atomic E-state index is -0.266. The maximum absolute atomic E-state index is 13.0. The van der Waals surface area contributed by atoms with E-state index in [9.17, 15) is 9.18 Å². The molecule has 1 atom stereocenters. The van der Waals surface area contributed by atoms with Crippen LogP contribution in [0.4, 0.5) is 10.1 Å². The third-order valence-corrected chi connectivity index (χ3v) is 3.87. The zero-order valence-corrected chi connectivity index (χ0v) is 11.8. The van der Waals surface area contributed by atoms with Crippen molar-refractivity contribution in [2.24, 2.45) is 0 Å². The quantitative estimate of drug-likeness (QED) is 0.939. The summed E-state index contributed by atoms with van der Waals surface area (Å²) in [4.78, 5) is 14.4. The number of rotatable bonds is 3. The number of nitrogens with zero attached hydrogens (tertiary/aromatic N) is 1. The molecule has 2 aromatic carbocycles. The first-order valence-corrected chi connectivity index (χ1v) is 7.00. The molecule has 108 valence electrons. The van der Waals surface area contributed by atoms with Crippen molar-refractivity contribution in [1.29, 1.82) is 0 Å². The molecule has 0 radical (unpaired) electrons. The van der Waals surface area contributed by atoms with E-state index in [0.717, 1.165) is 16.8 Å². The van der Waals surface area contributed by atoms with Gasteiger partial charge in [-0.1, -0.05) is 30.3 Å². The molecule has 1 N–H and O–H groups in total. The van der Waals surface area contributed by atoms with Crippen LogP contribution in [-0.2, 0) is 17.8 Å². The smallest absolute Gasteiger partial charge is 0.244 e. The summed E-state index contributed by atoms with van der Waals surface area (Å²) in [6.45, 7) is 0.453. The molecule has 4 heteroatoms. The Kier molecular flexibility index (Phi) is 3.71. The molecule has 21 heavy (non-hydrogen) atoms. The molecule has 0 spiro atoms. The Morgan fingerprint density at radius 2 is 1.90 bits per heavy atom. The second kappa shape index (κ2) is 5.66. The molecule has 1 aliphatic rings. The molecule has 0 saturated carbocycles. The first-order chi connectivity index (χ1) is 10.2. The van der Waals surface area contributed by atoms with E-state index in [1.807, 2.05) is 24.3 Å². The number of carbonyl (C=O) groups excluding carboxylic acids is 1. The van der Waals surface area contributed by atoms with Crippen molar-refractivity contribution in [2.45, 2.75) is 19.0 Å². The third-order valence-electron chi connectivity index (χ3n) is 3.87. The number of hydrogen-bond acceptors (Lipinski definition) is 2. The minimum absolute atomic E-state index is 0.0560. The van der Waals surface area contributed by atoms with Crippen LogP contribution < -0.4 is 10.2 Å². The van der Waals surface area contributed by atoms with Crippen LogP contribution in [0.15, 0.2) is 48.5 Å². The van der Waals surface area contributed by atoms with E-state index in [1.165, 1.54) is 12.1 Å². The van der Waals surface area contributed by atoms with Crippen LogP contribution in [0.5, 0.6) is 0 Å². The van der Waals surface area contributed by atoms with E-state index >= 15 is 0 Å². The van der Waals surface area contributed by atoms with Crippen LogP contribution in [0.3, 0.4) is 0 Å². The number of anilines is 1. The van der Waals surface area contributed by atoms with Crippen molar-refractivity contribution in [3.63, 3.8) is 0 Å². The Morgan fingerprint density at radius 3 is 2.62 bits per heavy atom. The molecule has 1 aliphatic heterocycles. The van der Waals surface area contributed by atoms with Gasteiger partial charge in [-0.3, -0.25) is 4.79 Å². The molecule has 0 aromatic heterocycles. The number of para-hydroxylation sites is 1. The Hall–Kier alpha value is -2.20. The van der Waals surface area contributed by atoms with E-state index in [1.54, 1.807) is 24.1 Å². The summed E-state index contributed by atoms with van der Waals surface area (Å²) in [6.07, 6.45) is 0.700. The molecule has 3 nitrogen and oxygen atoms in total. The predicted molar refractivity (Wildman–Crippen MR) is 80.6 cm³/mol. The van der Waals surface area contributed by atoms with Crippen molar-refractivity contribution in [2.75, 3.05) is 11.9 Å². The van der Waals surface area contributed by atoms with Crippen LogP contribution in [-0.4, -0.2) is 19.0 Å². The first kappa shape index (κ1) is 13.8. The molecule has 0 bridgehead atoms. The van der Waals surface area contributed by atoms with Gasteiger partial charge < -0.3 is 10.2 Å². The Labute approximate surface area is 123 Å². The number of benzene rings is 2. The number of hydrogen-bond donors (Lipinski definition) is 1. The lowest BCUT2D eigenvalue weighted by molar-refractivity contribution is -0.121. The zero-order chi connectivity index (χ0) is 14.8. The summed E-state index contributed by atoms with van der Waals surface area (Å²) in [6, 6.07) is 14.0. The van der Waals surface area contributed by atoms with E-state index in [4.69, 9.17) is 0 Å². The van der Waals surface area contributed by atoms with Gasteiger partial charge >= 0.3 is 0 Å². The van der Waals surface area contributed by atoms with Crippen LogP contribution in [0.25, 0.3) is 0 Å². The second-order valence-electron chi connectivity index (χ2n) is 5.22. The maximum atomic E-state index is 13.0. The highest BCUT2D eigenvalue weighted by atomic mass is 19.1. The van der Waals surface area contributed by atoms with Gasteiger partial charge in [0.25, 0.3) is 0 Å². The average Bonchev–Trinajstić information content (AvgIpc) is 2.51. The number of carbonyl (C=O) groups is 1. The molecule has 3 rings (SSSR count). The second-order valence-corrected chi connectivity index (χ2v) is 5.22. The van der Waals surface area contributed by atoms with Crippen molar-refractivity contribution >= 4 is 11.6 Å². The van der Waals surface area contributed by atoms with Gasteiger partial charge in [0.15, 0.2) is 0 Å². The number of halogens is 1. The third kappa shape index (κ3) is 2.67. The van der Waals surface area contributed by atoms with Crippen LogP contribution >= 0.6 is 0 Å². The van der Waals surface area contributed by atoms with Crippen LogP contribution in [0.1, 0.15) is 11.1 Å². The van der Waals surface area contributed by atoms with Gasteiger partial charge in [0.1, 0.15) is 5.82 Å². The van der Waals surface area contributed by atoms with Crippen molar-refractivity contribution < 1.29 is 9.18 Å². The summed E-state index contributed by atoms with van der Waals surface area (Å²) >= 11 is 0. The van der Waals surface area contributed by atoms with Gasteiger partial charge in [0.2, 0.25) is 5.91 Å². The molecule has 1 unspecified atom stereocenters. The Bertz CT molecular complexity index is 654. The lowest BCUT2D eigenvalue weighted by Crippen LogP contribution is -2.49. The molecular weight excluding hydrogens is 267 g/mol. The monoisotopic (exact) mass is 284 g/mol. The number of fused-ring (bicyclic) bond motifs is 1. The predicted octanol–water partition coefficient (Wildman–Crippen LogP) is 2.50. The zero-order valence-electron chi connectivity index (χ0n) is 11.8. The lowest BCUT2D eigenvalue weighted by atomic mass is 9.96. The highest BCUT2D eigenvalue weighted by Crippen LogP contribution is 2.29. The maximum Gasteiger partial charge on any atom is 0.244 e. The summed E-state index contributed by atoms with van der Waals surface area (Å²) in [5, 5.41) is 3.07. The van der Waals surface area contributed by atoms with E-state index in [2.05, 4.69) is 5.32 Å². The molecule has 1 heterocycles. The molecular formula is C17H17FN2O. The fourth-order valence-corrected chi connectivity index (χ4v) is 2.72. The SMILES string of the molecule is CNC1Cc2ccccc2N(Cc2ccc(F)cc2)C1=O. The normalized spacial score (nSPS) is 17.7. The first-order valence-electron chi connectivity index (χ1n) is 7.00. The Morgan fingerprint density at radius 1 is 1.19 bits per heavy atom. The van der Waals surface area contributed by atoms with Crippen molar-refractivity contribution in [1.82, 2.24) is 5.32 Å². The van der Waals surface area contributed by atoms with Gasteiger partial charge in [-0.15, -0.1) is 0 Å². The summed E-state index contributed by atoms with van der Waals surface area (Å²) in [7, 11) is 1.80. The standard InChI is InChI=1S/C17H17FN2O/c1-19-15-10-13-4-2-3-5-16(13)20(17(15)21)11-12-6-8-14(18)9-7-12/h2-9,15,19H,10-11H2,1H3. The van der Waals surface area contributed by atoms with Gasteiger partial charge in [-0.05, 0) is 42.8 Å². The van der Waals surface area contributed by atoms with E-state index < -0.39 is 0 Å². The van der Waals surface area contributed by atoms with Gasteiger partial charge in [0.05, 0.1) is 12.6 Å².